The third-order valence-corrected chi connectivity index (χ3v) is 5.88. The number of aliphatic carboxylic acids is 1. The molecule has 29 heavy (non-hydrogen) atoms. The molecule has 0 unspecified atom stereocenters. The smallest absolute Gasteiger partial charge is 0.307 e. The number of carbonyl (C=O) groups is 1. The molecule has 3 aromatic carbocycles. The van der Waals surface area contributed by atoms with E-state index in [0.29, 0.717) is 11.1 Å². The second kappa shape index (κ2) is 8.63. The Bertz CT molecular complexity index is 1150. The van der Waals surface area contributed by atoms with Crippen LogP contribution >= 0.6 is 11.6 Å². The fourth-order valence-electron chi connectivity index (χ4n) is 2.72. The molecule has 5 nitrogen and oxygen atoms in total. The SMILES string of the molecule is O=C(O)Cc1cc(Cl)cc(Oc2ccc(S(=O)(=O)Cc3ccccc3)cc2F)c1. The Morgan fingerprint density at radius 3 is 2.38 bits per heavy atom. The van der Waals surface area contributed by atoms with Crippen molar-refractivity contribution in [2.45, 2.75) is 17.1 Å². The van der Waals surface area contributed by atoms with Gasteiger partial charge in [0.1, 0.15) is 5.75 Å². The molecular weight excluding hydrogens is 419 g/mol. The van der Waals surface area contributed by atoms with Crippen LogP contribution in [0.25, 0.3) is 0 Å². The molecule has 3 aromatic rings. The van der Waals surface area contributed by atoms with Gasteiger partial charge in [0.25, 0.3) is 0 Å². The molecular formula is C21H16ClFO5S. The van der Waals surface area contributed by atoms with Crippen LogP contribution < -0.4 is 4.74 Å². The topological polar surface area (TPSA) is 80.7 Å². The van der Waals surface area contributed by atoms with Crippen LogP contribution in [0.3, 0.4) is 0 Å². The highest BCUT2D eigenvalue weighted by Gasteiger charge is 2.18. The average Bonchev–Trinajstić information content (AvgIpc) is 2.62. The number of hydrogen-bond acceptors (Lipinski definition) is 4. The molecule has 0 atom stereocenters. The number of halogens is 2. The van der Waals surface area contributed by atoms with Gasteiger partial charge in [0.05, 0.1) is 17.1 Å². The van der Waals surface area contributed by atoms with Crippen LogP contribution in [-0.2, 0) is 26.8 Å². The lowest BCUT2D eigenvalue weighted by Gasteiger charge is -2.11. The predicted octanol–water partition coefficient (Wildman–Crippen LogP) is 4.87. The maximum Gasteiger partial charge on any atom is 0.307 e. The van der Waals surface area contributed by atoms with Crippen molar-refractivity contribution in [3.8, 4) is 11.5 Å². The van der Waals surface area contributed by atoms with Crippen LogP contribution in [0.2, 0.25) is 5.02 Å². The lowest BCUT2D eigenvalue weighted by Crippen LogP contribution is -2.05. The van der Waals surface area contributed by atoms with E-state index in [4.69, 9.17) is 21.4 Å². The molecule has 0 fully saturated rings. The van der Waals surface area contributed by atoms with E-state index in [9.17, 15) is 17.6 Å². The quantitative estimate of drug-likeness (QED) is 0.573. The third kappa shape index (κ3) is 5.56. The minimum atomic E-state index is -3.73. The van der Waals surface area contributed by atoms with Crippen LogP contribution in [-0.4, -0.2) is 19.5 Å². The van der Waals surface area contributed by atoms with Gasteiger partial charge in [-0.3, -0.25) is 4.79 Å². The van der Waals surface area contributed by atoms with Crippen LogP contribution in [0.1, 0.15) is 11.1 Å². The van der Waals surface area contributed by atoms with E-state index in [2.05, 4.69) is 0 Å². The van der Waals surface area contributed by atoms with E-state index in [1.54, 1.807) is 30.3 Å². The third-order valence-electron chi connectivity index (χ3n) is 3.98. The first-order valence-corrected chi connectivity index (χ1v) is 10.5. The van der Waals surface area contributed by atoms with Crippen molar-refractivity contribution in [1.29, 1.82) is 0 Å². The van der Waals surface area contributed by atoms with E-state index in [1.165, 1.54) is 30.3 Å². The van der Waals surface area contributed by atoms with Crippen LogP contribution in [0, 0.1) is 5.82 Å². The Labute approximate surface area is 172 Å². The molecule has 0 amide bonds. The van der Waals surface area contributed by atoms with E-state index >= 15 is 0 Å². The molecule has 0 saturated heterocycles. The van der Waals surface area contributed by atoms with Crippen LogP contribution in [0.4, 0.5) is 4.39 Å². The maximum absolute atomic E-state index is 14.5. The van der Waals surface area contributed by atoms with E-state index < -0.39 is 21.6 Å². The van der Waals surface area contributed by atoms with Gasteiger partial charge in [-0.25, -0.2) is 12.8 Å². The minimum absolute atomic E-state index is 0.146. The highest BCUT2D eigenvalue weighted by Crippen LogP contribution is 2.30. The van der Waals surface area contributed by atoms with Gasteiger partial charge >= 0.3 is 5.97 Å². The minimum Gasteiger partial charge on any atom is -0.481 e. The number of carboxylic acid groups (broad SMARTS) is 1. The first kappa shape index (κ1) is 20.8. The molecule has 0 aliphatic heterocycles. The first-order valence-electron chi connectivity index (χ1n) is 8.48. The molecule has 0 aliphatic carbocycles. The Morgan fingerprint density at radius 2 is 1.72 bits per heavy atom. The van der Waals surface area contributed by atoms with Gasteiger partial charge in [0.15, 0.2) is 21.4 Å². The predicted molar refractivity (Wildman–Crippen MR) is 107 cm³/mol. The molecule has 0 heterocycles. The number of benzene rings is 3. The fraction of sp³-hybridized carbons (Fsp3) is 0.0952. The summed E-state index contributed by atoms with van der Waals surface area (Å²) in [5.41, 5.74) is 0.987. The summed E-state index contributed by atoms with van der Waals surface area (Å²) in [7, 11) is -3.73. The molecule has 0 bridgehead atoms. The lowest BCUT2D eigenvalue weighted by atomic mass is 10.1. The summed E-state index contributed by atoms with van der Waals surface area (Å²) in [4.78, 5) is 10.7. The Kier molecular flexibility index (Phi) is 6.20. The summed E-state index contributed by atoms with van der Waals surface area (Å²) in [5.74, 6) is -2.21. The van der Waals surface area contributed by atoms with Crippen molar-refractivity contribution in [1.82, 2.24) is 0 Å². The molecule has 0 saturated carbocycles. The monoisotopic (exact) mass is 434 g/mol. The zero-order chi connectivity index (χ0) is 21.0. The summed E-state index contributed by atoms with van der Waals surface area (Å²) >= 11 is 5.96. The van der Waals surface area contributed by atoms with Crippen molar-refractivity contribution >= 4 is 27.4 Å². The Morgan fingerprint density at radius 1 is 1.00 bits per heavy atom. The lowest BCUT2D eigenvalue weighted by molar-refractivity contribution is -0.136. The zero-order valence-electron chi connectivity index (χ0n) is 15.0. The van der Waals surface area contributed by atoms with Gasteiger partial charge < -0.3 is 9.84 Å². The molecule has 3 rings (SSSR count). The average molecular weight is 435 g/mol. The summed E-state index contributed by atoms with van der Waals surface area (Å²) in [6.07, 6.45) is -0.268. The van der Waals surface area contributed by atoms with Crippen molar-refractivity contribution in [3.05, 3.63) is 88.7 Å². The van der Waals surface area contributed by atoms with E-state index in [-0.39, 0.29) is 33.6 Å². The van der Waals surface area contributed by atoms with E-state index in [1.807, 2.05) is 0 Å². The zero-order valence-corrected chi connectivity index (χ0v) is 16.6. The van der Waals surface area contributed by atoms with Crippen molar-refractivity contribution in [2.24, 2.45) is 0 Å². The van der Waals surface area contributed by atoms with Crippen molar-refractivity contribution in [3.63, 3.8) is 0 Å². The number of sulfone groups is 1. The van der Waals surface area contributed by atoms with Gasteiger partial charge in [-0.2, -0.15) is 0 Å². The molecule has 150 valence electrons. The first-order chi connectivity index (χ1) is 13.7. The van der Waals surface area contributed by atoms with E-state index in [0.717, 1.165) is 6.07 Å². The number of ether oxygens (including phenoxy) is 1. The summed E-state index contributed by atoms with van der Waals surface area (Å²) in [6, 6.07) is 16.3. The van der Waals surface area contributed by atoms with Gasteiger partial charge in [0, 0.05) is 5.02 Å². The van der Waals surface area contributed by atoms with Crippen molar-refractivity contribution in [2.75, 3.05) is 0 Å². The van der Waals surface area contributed by atoms with Gasteiger partial charge in [-0.1, -0.05) is 41.9 Å². The second-order valence-electron chi connectivity index (χ2n) is 6.30. The standard InChI is InChI=1S/C21H16ClFO5S/c22-16-8-15(10-21(24)25)9-17(11-16)28-20-7-6-18(12-19(20)23)29(26,27)13-14-4-2-1-3-5-14/h1-9,11-12H,10,13H2,(H,24,25). The van der Waals surface area contributed by atoms with Gasteiger partial charge in [-0.15, -0.1) is 0 Å². The second-order valence-corrected chi connectivity index (χ2v) is 8.73. The Balaban J connectivity index is 1.83. The van der Waals surface area contributed by atoms with Gasteiger partial charge in [0.2, 0.25) is 0 Å². The van der Waals surface area contributed by atoms with Crippen LogP contribution in [0.15, 0.2) is 71.6 Å². The Hall–Kier alpha value is -2.90. The summed E-state index contributed by atoms with van der Waals surface area (Å²) in [5, 5.41) is 9.13. The van der Waals surface area contributed by atoms with Crippen LogP contribution in [0.5, 0.6) is 11.5 Å². The highest BCUT2D eigenvalue weighted by atomic mass is 35.5. The number of hydrogen-bond donors (Lipinski definition) is 1. The molecule has 0 radical (unpaired) electrons. The molecule has 0 aromatic heterocycles. The number of carboxylic acids is 1. The van der Waals surface area contributed by atoms with Crippen molar-refractivity contribution < 1.29 is 27.4 Å². The molecule has 0 spiro atoms. The summed E-state index contributed by atoms with van der Waals surface area (Å²) < 4.78 is 45.0. The summed E-state index contributed by atoms with van der Waals surface area (Å²) in [6.45, 7) is 0. The molecule has 8 heteroatoms. The highest BCUT2D eigenvalue weighted by molar-refractivity contribution is 7.90. The normalized spacial score (nSPS) is 11.2. The molecule has 1 N–H and O–H groups in total. The largest absolute Gasteiger partial charge is 0.481 e. The molecule has 0 aliphatic rings. The number of rotatable bonds is 7. The fourth-order valence-corrected chi connectivity index (χ4v) is 4.32. The maximum atomic E-state index is 14.5. The van der Waals surface area contributed by atoms with Gasteiger partial charge in [-0.05, 0) is 47.5 Å².